The van der Waals surface area contributed by atoms with E-state index in [9.17, 15) is 14.7 Å². The summed E-state index contributed by atoms with van der Waals surface area (Å²) in [6.45, 7) is 5.75. The molecule has 2 fully saturated rings. The highest BCUT2D eigenvalue weighted by Gasteiger charge is 2.49. The van der Waals surface area contributed by atoms with Crippen LogP contribution in [0.2, 0.25) is 0 Å². The van der Waals surface area contributed by atoms with Crippen LogP contribution in [0.15, 0.2) is 40.9 Å². The van der Waals surface area contributed by atoms with Gasteiger partial charge in [0.2, 0.25) is 0 Å². The van der Waals surface area contributed by atoms with Crippen LogP contribution in [0.4, 0.5) is 4.79 Å². The fraction of sp³-hybridized carbons (Fsp3) is 0.407. The molecule has 182 valence electrons. The first-order chi connectivity index (χ1) is 16.7. The zero-order valence-corrected chi connectivity index (χ0v) is 21.3. The summed E-state index contributed by atoms with van der Waals surface area (Å²) >= 11 is 3.53. The first-order valence-corrected chi connectivity index (χ1v) is 12.8. The Bertz CT molecular complexity index is 1370. The van der Waals surface area contributed by atoms with Gasteiger partial charge in [0.05, 0.1) is 12.2 Å². The van der Waals surface area contributed by atoms with E-state index < -0.39 is 17.1 Å². The van der Waals surface area contributed by atoms with Crippen molar-refractivity contribution < 1.29 is 24.2 Å². The maximum Gasteiger partial charge on any atom is 0.407 e. The number of nitrogens with zero attached hydrogens (tertiary/aromatic N) is 1. The monoisotopic (exact) mass is 538 g/mol. The molecule has 1 unspecified atom stereocenters. The highest BCUT2D eigenvalue weighted by atomic mass is 79.9. The van der Waals surface area contributed by atoms with E-state index in [0.717, 1.165) is 38.6 Å². The molecular formula is C27H27BrN2O5. The van der Waals surface area contributed by atoms with E-state index in [1.165, 1.54) is 4.90 Å². The number of piperidine rings is 1. The van der Waals surface area contributed by atoms with Crippen molar-refractivity contribution in [1.82, 2.24) is 9.88 Å². The number of benzene rings is 2. The summed E-state index contributed by atoms with van der Waals surface area (Å²) in [5.74, 6) is 0.735. The quantitative estimate of drug-likeness (QED) is 0.450. The second-order valence-corrected chi connectivity index (χ2v) is 11.2. The molecule has 1 aliphatic carbocycles. The number of hydrogen-bond donors (Lipinski definition) is 2. The smallest absolute Gasteiger partial charge is 0.407 e. The molecule has 2 N–H and O–H groups in total. The zero-order valence-electron chi connectivity index (χ0n) is 19.7. The predicted molar refractivity (Wildman–Crippen MR) is 135 cm³/mol. The van der Waals surface area contributed by atoms with Crippen LogP contribution in [0.25, 0.3) is 10.9 Å². The second-order valence-electron chi connectivity index (χ2n) is 10.3. The minimum atomic E-state index is -0.888. The van der Waals surface area contributed by atoms with Gasteiger partial charge in [-0.05, 0) is 48.7 Å². The normalized spacial score (nSPS) is 22.3. The number of rotatable bonds is 2. The number of ketones is 1. The maximum atomic E-state index is 13.6. The predicted octanol–water partition coefficient (Wildman–Crippen LogP) is 5.48. The Kier molecular flexibility index (Phi) is 5.06. The number of amides is 1. The van der Waals surface area contributed by atoms with Gasteiger partial charge < -0.3 is 24.5 Å². The highest BCUT2D eigenvalue weighted by Crippen LogP contribution is 2.46. The number of carbonyl (C=O) groups is 2. The van der Waals surface area contributed by atoms with E-state index in [-0.39, 0.29) is 11.9 Å². The number of ether oxygens (including phenoxy) is 2. The van der Waals surface area contributed by atoms with Gasteiger partial charge in [0.15, 0.2) is 5.78 Å². The SMILES string of the molecule is CC1(C)c2cc(OC3CCOC34CCN(C(=O)O)CC4)ccc2C(=O)c2c1[nH]c1cc(Br)ccc21. The lowest BCUT2D eigenvalue weighted by Crippen LogP contribution is -2.52. The fourth-order valence-corrected chi connectivity index (χ4v) is 6.42. The average Bonchev–Trinajstić information content (AvgIpc) is 3.40. The first kappa shape index (κ1) is 22.6. The average molecular weight is 539 g/mol. The van der Waals surface area contributed by atoms with Crippen molar-refractivity contribution in [1.29, 1.82) is 0 Å². The van der Waals surface area contributed by atoms with Crippen LogP contribution in [0, 0.1) is 0 Å². The molecule has 1 spiro atoms. The lowest BCUT2D eigenvalue weighted by molar-refractivity contribution is -0.0831. The van der Waals surface area contributed by atoms with E-state index in [2.05, 4.69) is 34.8 Å². The molecule has 35 heavy (non-hydrogen) atoms. The van der Waals surface area contributed by atoms with Gasteiger partial charge in [-0.25, -0.2) is 4.79 Å². The van der Waals surface area contributed by atoms with Gasteiger partial charge in [-0.2, -0.15) is 0 Å². The first-order valence-electron chi connectivity index (χ1n) is 12.0. The molecule has 0 saturated carbocycles. The molecule has 0 bridgehead atoms. The van der Waals surface area contributed by atoms with Crippen LogP contribution in [0.3, 0.4) is 0 Å². The molecule has 3 aromatic rings. The van der Waals surface area contributed by atoms with Crippen molar-refractivity contribution in [2.45, 2.75) is 50.2 Å². The Balaban J connectivity index is 1.33. The molecule has 2 aliphatic heterocycles. The standard InChI is InChI=1S/C27H27BrN2O5/c1-26(2)19-14-16(35-21-7-12-34-27(21)8-10-30(11-9-27)25(32)33)4-6-17(19)23(31)22-18-5-3-15(28)13-20(18)29-24(22)26/h3-6,13-14,21,29H,7-12H2,1-2H3,(H,32,33). The van der Waals surface area contributed by atoms with Crippen LogP contribution in [-0.2, 0) is 10.2 Å². The van der Waals surface area contributed by atoms with Gasteiger partial charge in [-0.15, -0.1) is 0 Å². The topological polar surface area (TPSA) is 91.9 Å². The molecule has 2 saturated heterocycles. The molecule has 7 nitrogen and oxygen atoms in total. The van der Waals surface area contributed by atoms with Crippen molar-refractivity contribution >= 4 is 38.7 Å². The molecule has 1 atom stereocenters. The molecule has 8 heteroatoms. The summed E-state index contributed by atoms with van der Waals surface area (Å²) in [5.41, 5.74) is 3.35. The maximum absolute atomic E-state index is 13.6. The Morgan fingerprint density at radius 1 is 1.20 bits per heavy atom. The summed E-state index contributed by atoms with van der Waals surface area (Å²) in [4.78, 5) is 29.9. The third kappa shape index (κ3) is 3.41. The van der Waals surface area contributed by atoms with Crippen molar-refractivity contribution in [3.8, 4) is 5.75 Å². The molecule has 1 aromatic heterocycles. The number of carboxylic acid groups (broad SMARTS) is 1. The van der Waals surface area contributed by atoms with Gasteiger partial charge in [0.25, 0.3) is 0 Å². The number of halogens is 1. The Hall–Kier alpha value is -2.84. The number of H-pyrrole nitrogens is 1. The molecule has 6 rings (SSSR count). The van der Waals surface area contributed by atoms with Gasteiger partial charge in [0.1, 0.15) is 17.5 Å². The van der Waals surface area contributed by atoms with Crippen LogP contribution < -0.4 is 4.74 Å². The van der Waals surface area contributed by atoms with Crippen molar-refractivity contribution in [3.05, 3.63) is 63.3 Å². The molecule has 1 amide bonds. The number of nitrogens with one attached hydrogen (secondary N) is 1. The van der Waals surface area contributed by atoms with Crippen molar-refractivity contribution in [2.24, 2.45) is 0 Å². The minimum absolute atomic E-state index is 0.0242. The summed E-state index contributed by atoms with van der Waals surface area (Å²) in [6, 6.07) is 11.7. The third-order valence-electron chi connectivity index (χ3n) is 8.04. The molecule has 0 radical (unpaired) electrons. The summed E-state index contributed by atoms with van der Waals surface area (Å²) in [6.07, 6.45) is 0.952. The van der Waals surface area contributed by atoms with Crippen LogP contribution in [0.1, 0.15) is 60.3 Å². The molecule has 3 aliphatic rings. The Morgan fingerprint density at radius 3 is 2.71 bits per heavy atom. The van der Waals surface area contributed by atoms with E-state index in [4.69, 9.17) is 9.47 Å². The number of aromatic nitrogens is 1. The zero-order chi connectivity index (χ0) is 24.5. The van der Waals surface area contributed by atoms with Gasteiger partial charge in [-0.3, -0.25) is 4.79 Å². The van der Waals surface area contributed by atoms with Crippen molar-refractivity contribution in [3.63, 3.8) is 0 Å². The fourth-order valence-electron chi connectivity index (χ4n) is 6.05. The number of fused-ring (bicyclic) bond motifs is 4. The van der Waals surface area contributed by atoms with Gasteiger partial charge in [0, 0.05) is 51.6 Å². The minimum Gasteiger partial charge on any atom is -0.487 e. The Labute approximate surface area is 211 Å². The second kappa shape index (κ2) is 7.83. The summed E-state index contributed by atoms with van der Waals surface area (Å²) in [5, 5.41) is 10.2. The van der Waals surface area contributed by atoms with E-state index >= 15 is 0 Å². The highest BCUT2D eigenvalue weighted by molar-refractivity contribution is 9.10. The molecular weight excluding hydrogens is 512 g/mol. The Morgan fingerprint density at radius 2 is 1.97 bits per heavy atom. The lowest BCUT2D eigenvalue weighted by Gasteiger charge is -2.41. The molecule has 3 heterocycles. The van der Waals surface area contributed by atoms with E-state index in [0.29, 0.717) is 43.9 Å². The van der Waals surface area contributed by atoms with E-state index in [1.54, 1.807) is 0 Å². The number of aromatic amines is 1. The lowest BCUT2D eigenvalue weighted by atomic mass is 9.71. The van der Waals surface area contributed by atoms with Gasteiger partial charge in [-0.1, -0.05) is 35.8 Å². The third-order valence-corrected chi connectivity index (χ3v) is 8.53. The molecule has 2 aromatic carbocycles. The number of carbonyl (C=O) groups excluding carboxylic acids is 1. The largest absolute Gasteiger partial charge is 0.487 e. The number of hydrogen-bond acceptors (Lipinski definition) is 4. The van der Waals surface area contributed by atoms with Crippen molar-refractivity contribution in [2.75, 3.05) is 19.7 Å². The number of likely N-dealkylation sites (tertiary alicyclic amines) is 1. The van der Waals surface area contributed by atoms with E-state index in [1.807, 2.05) is 36.4 Å². The van der Waals surface area contributed by atoms with Crippen LogP contribution >= 0.6 is 15.9 Å². The summed E-state index contributed by atoms with van der Waals surface area (Å²) in [7, 11) is 0. The van der Waals surface area contributed by atoms with Crippen LogP contribution in [0.5, 0.6) is 5.75 Å². The van der Waals surface area contributed by atoms with Gasteiger partial charge >= 0.3 is 6.09 Å². The van der Waals surface area contributed by atoms with Crippen LogP contribution in [-0.4, -0.2) is 58.3 Å². The summed E-state index contributed by atoms with van der Waals surface area (Å²) < 4.78 is 13.6.